The van der Waals surface area contributed by atoms with E-state index in [2.05, 4.69) is 10.6 Å². The number of nitrogens with one attached hydrogen (secondary N) is 2. The molecular weight excluding hydrogens is 436 g/mol. The molecule has 3 amide bonds. The summed E-state index contributed by atoms with van der Waals surface area (Å²) in [6, 6.07) is 3.28. The molecule has 0 radical (unpaired) electrons. The van der Waals surface area contributed by atoms with Gasteiger partial charge in [0, 0.05) is 13.0 Å². The SMILES string of the molecule is CSCCC(NC(=O)C(Cc1ccc(O)cc1)NC(=O)C1CCCN1C(=O)CN)C(=O)O. The topological polar surface area (TPSA) is 162 Å². The van der Waals surface area contributed by atoms with Crippen LogP contribution in [-0.4, -0.2) is 82.0 Å². The van der Waals surface area contributed by atoms with Crippen molar-refractivity contribution in [3.63, 3.8) is 0 Å². The zero-order valence-corrected chi connectivity index (χ0v) is 18.8. The zero-order chi connectivity index (χ0) is 23.7. The highest BCUT2D eigenvalue weighted by Gasteiger charge is 2.36. The molecule has 0 spiro atoms. The number of benzene rings is 1. The standard InChI is InChI=1S/C21H30N4O6S/c1-32-10-8-15(21(30)31)23-19(28)16(11-13-4-6-14(26)7-5-13)24-20(29)17-3-2-9-25(17)18(27)12-22/h4-7,15-17,26H,2-3,8-12,22H2,1H3,(H,23,28)(H,24,29)(H,30,31). The minimum absolute atomic E-state index is 0.0590. The van der Waals surface area contributed by atoms with Crippen molar-refractivity contribution in [2.45, 2.75) is 43.8 Å². The average Bonchev–Trinajstić information content (AvgIpc) is 3.26. The summed E-state index contributed by atoms with van der Waals surface area (Å²) in [5.74, 6) is -2.01. The first-order valence-corrected chi connectivity index (χ1v) is 11.8. The Balaban J connectivity index is 2.18. The summed E-state index contributed by atoms with van der Waals surface area (Å²) in [5, 5.41) is 24.1. The van der Waals surface area contributed by atoms with Crippen LogP contribution >= 0.6 is 11.8 Å². The number of aliphatic carboxylic acids is 1. The molecule has 0 aromatic heterocycles. The van der Waals surface area contributed by atoms with E-state index in [9.17, 15) is 29.4 Å². The van der Waals surface area contributed by atoms with Crippen molar-refractivity contribution in [2.24, 2.45) is 5.73 Å². The molecule has 1 aliphatic heterocycles. The Morgan fingerprint density at radius 1 is 1.19 bits per heavy atom. The number of phenolic OH excluding ortho intramolecular Hbond substituents is 1. The van der Waals surface area contributed by atoms with Gasteiger partial charge in [0.1, 0.15) is 23.9 Å². The fourth-order valence-corrected chi connectivity index (χ4v) is 4.04. The predicted octanol–water partition coefficient (Wildman–Crippen LogP) is -0.308. The van der Waals surface area contributed by atoms with Crippen molar-refractivity contribution < 1.29 is 29.4 Å². The molecule has 11 heteroatoms. The van der Waals surface area contributed by atoms with Crippen molar-refractivity contribution in [3.8, 4) is 5.75 Å². The van der Waals surface area contributed by atoms with E-state index in [1.807, 2.05) is 6.26 Å². The Kier molecular flexibility index (Phi) is 9.79. The van der Waals surface area contributed by atoms with Crippen LogP contribution in [0.4, 0.5) is 0 Å². The lowest BCUT2D eigenvalue weighted by atomic mass is 10.0. The number of amides is 3. The van der Waals surface area contributed by atoms with Crippen molar-refractivity contribution >= 4 is 35.5 Å². The van der Waals surface area contributed by atoms with Crippen molar-refractivity contribution in [1.29, 1.82) is 0 Å². The van der Waals surface area contributed by atoms with E-state index in [0.29, 0.717) is 30.7 Å². The van der Waals surface area contributed by atoms with E-state index < -0.39 is 35.9 Å². The molecule has 1 aromatic carbocycles. The number of thioether (sulfide) groups is 1. The van der Waals surface area contributed by atoms with Crippen LogP contribution in [0.1, 0.15) is 24.8 Å². The maximum Gasteiger partial charge on any atom is 0.326 e. The number of aromatic hydroxyl groups is 1. The van der Waals surface area contributed by atoms with E-state index in [-0.39, 0.29) is 31.0 Å². The highest BCUT2D eigenvalue weighted by molar-refractivity contribution is 7.98. The fourth-order valence-electron chi connectivity index (χ4n) is 3.57. The van der Waals surface area contributed by atoms with Gasteiger partial charge in [0.25, 0.3) is 0 Å². The van der Waals surface area contributed by atoms with Crippen LogP contribution in [0.2, 0.25) is 0 Å². The molecule has 1 saturated heterocycles. The maximum atomic E-state index is 13.0. The van der Waals surface area contributed by atoms with Gasteiger partial charge in [0.2, 0.25) is 17.7 Å². The van der Waals surface area contributed by atoms with E-state index in [1.54, 1.807) is 12.1 Å². The average molecular weight is 467 g/mol. The number of rotatable bonds is 11. The quantitative estimate of drug-likeness (QED) is 0.297. The van der Waals surface area contributed by atoms with Gasteiger partial charge >= 0.3 is 5.97 Å². The van der Waals surface area contributed by atoms with Gasteiger partial charge in [-0.1, -0.05) is 12.1 Å². The van der Waals surface area contributed by atoms with Crippen LogP contribution in [0.15, 0.2) is 24.3 Å². The van der Waals surface area contributed by atoms with Crippen LogP contribution < -0.4 is 16.4 Å². The fraction of sp³-hybridized carbons (Fsp3) is 0.524. The van der Waals surface area contributed by atoms with Gasteiger partial charge in [0.15, 0.2) is 0 Å². The molecule has 10 nitrogen and oxygen atoms in total. The summed E-state index contributed by atoms with van der Waals surface area (Å²) in [4.78, 5) is 50.9. The molecule has 2 rings (SSSR count). The first-order valence-electron chi connectivity index (χ1n) is 10.4. The molecular formula is C21H30N4O6S. The molecule has 0 aliphatic carbocycles. The van der Waals surface area contributed by atoms with Crippen LogP contribution in [-0.2, 0) is 25.6 Å². The number of hydrogen-bond acceptors (Lipinski definition) is 7. The Bertz CT molecular complexity index is 819. The lowest BCUT2D eigenvalue weighted by molar-refractivity contribution is -0.142. The number of carbonyl (C=O) groups is 4. The number of hydrogen-bond donors (Lipinski definition) is 5. The van der Waals surface area contributed by atoms with Gasteiger partial charge in [-0.3, -0.25) is 14.4 Å². The summed E-state index contributed by atoms with van der Waals surface area (Å²) < 4.78 is 0. The summed E-state index contributed by atoms with van der Waals surface area (Å²) in [7, 11) is 0. The van der Waals surface area contributed by atoms with E-state index >= 15 is 0 Å². The summed E-state index contributed by atoms with van der Waals surface area (Å²) in [5.41, 5.74) is 6.10. The number of nitrogens with two attached hydrogens (primary N) is 1. The molecule has 6 N–H and O–H groups in total. The lowest BCUT2D eigenvalue weighted by Crippen LogP contribution is -2.56. The lowest BCUT2D eigenvalue weighted by Gasteiger charge is -2.27. The predicted molar refractivity (Wildman–Crippen MR) is 120 cm³/mol. The molecule has 3 atom stereocenters. The van der Waals surface area contributed by atoms with Gasteiger partial charge in [-0.05, 0) is 49.0 Å². The van der Waals surface area contributed by atoms with Gasteiger partial charge in [-0.15, -0.1) is 0 Å². The number of nitrogens with zero attached hydrogens (tertiary/aromatic N) is 1. The number of carboxylic acid groups (broad SMARTS) is 1. The summed E-state index contributed by atoms with van der Waals surface area (Å²) in [6.07, 6.45) is 3.27. The molecule has 0 saturated carbocycles. The maximum absolute atomic E-state index is 13.0. The zero-order valence-electron chi connectivity index (χ0n) is 18.0. The highest BCUT2D eigenvalue weighted by Crippen LogP contribution is 2.18. The number of carbonyl (C=O) groups excluding carboxylic acids is 3. The second kappa shape index (κ2) is 12.3. The van der Waals surface area contributed by atoms with E-state index in [1.165, 1.54) is 28.8 Å². The van der Waals surface area contributed by atoms with Gasteiger partial charge in [-0.25, -0.2) is 4.79 Å². The largest absolute Gasteiger partial charge is 0.508 e. The number of likely N-dealkylation sites (tertiary alicyclic amines) is 1. The second-order valence-corrected chi connectivity index (χ2v) is 8.55. The van der Waals surface area contributed by atoms with E-state index in [4.69, 9.17) is 5.73 Å². The third-order valence-corrected chi connectivity index (χ3v) is 5.93. The first kappa shape index (κ1) is 25.5. The van der Waals surface area contributed by atoms with Crippen molar-refractivity contribution in [3.05, 3.63) is 29.8 Å². The molecule has 3 unspecified atom stereocenters. The molecule has 32 heavy (non-hydrogen) atoms. The molecule has 1 aromatic rings. The Morgan fingerprint density at radius 2 is 1.88 bits per heavy atom. The highest BCUT2D eigenvalue weighted by atomic mass is 32.2. The van der Waals surface area contributed by atoms with Gasteiger partial charge in [0.05, 0.1) is 6.54 Å². The smallest absolute Gasteiger partial charge is 0.326 e. The van der Waals surface area contributed by atoms with Crippen molar-refractivity contribution in [1.82, 2.24) is 15.5 Å². The number of phenols is 1. The first-order chi connectivity index (χ1) is 15.3. The second-order valence-electron chi connectivity index (χ2n) is 7.56. The van der Waals surface area contributed by atoms with E-state index in [0.717, 1.165) is 0 Å². The van der Waals surface area contributed by atoms with Gasteiger partial charge < -0.3 is 31.5 Å². The van der Waals surface area contributed by atoms with Crippen LogP contribution in [0, 0.1) is 0 Å². The van der Waals surface area contributed by atoms with Crippen LogP contribution in [0.5, 0.6) is 5.75 Å². The minimum atomic E-state index is -1.15. The van der Waals surface area contributed by atoms with Crippen molar-refractivity contribution in [2.75, 3.05) is 25.1 Å². The normalized spacial score (nSPS) is 17.4. The molecule has 1 heterocycles. The Hall–Kier alpha value is -2.79. The summed E-state index contributed by atoms with van der Waals surface area (Å²) >= 11 is 1.46. The Morgan fingerprint density at radius 3 is 2.47 bits per heavy atom. The van der Waals surface area contributed by atoms with Gasteiger partial charge in [-0.2, -0.15) is 11.8 Å². The molecule has 176 valence electrons. The number of carboxylic acids is 1. The monoisotopic (exact) mass is 466 g/mol. The van der Waals surface area contributed by atoms with Crippen LogP contribution in [0.25, 0.3) is 0 Å². The molecule has 1 aliphatic rings. The third kappa shape index (κ3) is 7.13. The van der Waals surface area contributed by atoms with Crippen LogP contribution in [0.3, 0.4) is 0 Å². The minimum Gasteiger partial charge on any atom is -0.508 e. The summed E-state index contributed by atoms with van der Waals surface area (Å²) in [6.45, 7) is 0.204. The Labute approximate surface area is 190 Å². The third-order valence-electron chi connectivity index (χ3n) is 5.28. The molecule has 0 bridgehead atoms. The molecule has 1 fully saturated rings.